The molecule has 0 spiro atoms. The summed E-state index contributed by atoms with van der Waals surface area (Å²) in [5.41, 5.74) is 1.62. The Bertz CT molecular complexity index is 1500. The summed E-state index contributed by atoms with van der Waals surface area (Å²) in [4.78, 5) is 25.2. The maximum Gasteiger partial charge on any atom is 0.416 e. The van der Waals surface area contributed by atoms with Gasteiger partial charge in [0.1, 0.15) is 11.6 Å². The number of anilines is 2. The van der Waals surface area contributed by atoms with E-state index in [0.717, 1.165) is 29.3 Å². The number of amides is 2. The van der Waals surface area contributed by atoms with E-state index in [9.17, 15) is 28.0 Å². The van der Waals surface area contributed by atoms with Crippen molar-refractivity contribution in [2.45, 2.75) is 26.9 Å². The molecule has 0 aromatic heterocycles. The zero-order valence-electron chi connectivity index (χ0n) is 21.8. The van der Waals surface area contributed by atoms with Crippen LogP contribution in [0.5, 0.6) is 11.5 Å². The highest BCUT2D eigenvalue weighted by Crippen LogP contribution is 2.38. The molecule has 2 N–H and O–H groups in total. The molecule has 11 heteroatoms. The fraction of sp³-hybridized carbons (Fsp3) is 0.207. The molecule has 40 heavy (non-hydrogen) atoms. The second kappa shape index (κ2) is 13.2. The van der Waals surface area contributed by atoms with Gasteiger partial charge >= 0.3 is 6.18 Å². The van der Waals surface area contributed by atoms with Gasteiger partial charge in [-0.3, -0.25) is 9.59 Å². The van der Waals surface area contributed by atoms with Gasteiger partial charge in [-0.1, -0.05) is 18.2 Å². The first-order chi connectivity index (χ1) is 18.9. The van der Waals surface area contributed by atoms with Crippen LogP contribution in [0.3, 0.4) is 0 Å². The highest BCUT2D eigenvalue weighted by atomic mass is 79.9. The normalized spacial score (nSPS) is 11.4. The number of hydrogen-bond donors (Lipinski definition) is 2. The van der Waals surface area contributed by atoms with Crippen LogP contribution >= 0.6 is 15.9 Å². The zero-order chi connectivity index (χ0) is 29.4. The number of nitrogens with one attached hydrogen (secondary N) is 2. The topological polar surface area (TPSA) is 100 Å². The van der Waals surface area contributed by atoms with E-state index in [-0.39, 0.29) is 41.9 Å². The van der Waals surface area contributed by atoms with Gasteiger partial charge in [0.25, 0.3) is 11.8 Å². The van der Waals surface area contributed by atoms with E-state index in [4.69, 9.17) is 9.47 Å². The molecule has 3 aromatic rings. The van der Waals surface area contributed by atoms with Crippen molar-refractivity contribution < 1.29 is 32.2 Å². The molecule has 0 aliphatic carbocycles. The van der Waals surface area contributed by atoms with Crippen LogP contribution < -0.4 is 20.1 Å². The maximum atomic E-state index is 13.0. The van der Waals surface area contributed by atoms with E-state index < -0.39 is 17.6 Å². The summed E-state index contributed by atoms with van der Waals surface area (Å²) in [5, 5.41) is 14.7. The lowest BCUT2D eigenvalue weighted by molar-refractivity contribution is -0.137. The Labute approximate surface area is 237 Å². The van der Waals surface area contributed by atoms with Gasteiger partial charge in [0, 0.05) is 11.4 Å². The van der Waals surface area contributed by atoms with Crippen molar-refractivity contribution in [1.29, 1.82) is 5.26 Å². The SMILES string of the molecule is CCOc1cc(/C=C(\C#N)C(=O)Nc2cccc(C(F)(F)F)c2)cc(Br)c1OCC(=O)Nc1cccc(C)c1C. The molecule has 0 aliphatic rings. The van der Waals surface area contributed by atoms with Gasteiger partial charge in [0.15, 0.2) is 18.1 Å². The van der Waals surface area contributed by atoms with Gasteiger partial charge in [-0.15, -0.1) is 0 Å². The number of halogens is 4. The molecular weight excluding hydrogens is 591 g/mol. The van der Waals surface area contributed by atoms with Crippen molar-refractivity contribution in [3.8, 4) is 17.6 Å². The average molecular weight is 616 g/mol. The number of alkyl halides is 3. The molecule has 0 bridgehead atoms. The van der Waals surface area contributed by atoms with Crippen molar-refractivity contribution in [1.82, 2.24) is 0 Å². The lowest BCUT2D eigenvalue weighted by Gasteiger charge is -2.15. The Kier molecular flexibility index (Phi) is 9.96. The molecule has 0 unspecified atom stereocenters. The maximum absolute atomic E-state index is 13.0. The minimum atomic E-state index is -4.58. The molecule has 0 saturated carbocycles. The fourth-order valence-electron chi connectivity index (χ4n) is 3.57. The Balaban J connectivity index is 1.79. The van der Waals surface area contributed by atoms with Gasteiger partial charge in [0.05, 0.1) is 16.6 Å². The van der Waals surface area contributed by atoms with Gasteiger partial charge in [-0.2, -0.15) is 18.4 Å². The van der Waals surface area contributed by atoms with E-state index in [2.05, 4.69) is 26.6 Å². The standard InChI is InChI=1S/C29H25BrF3N3O4/c1-4-39-25-13-19(11-20(15-34)28(38)35-22-9-6-8-21(14-22)29(31,32)33)12-23(30)27(25)40-16-26(37)36-24-10-5-7-17(2)18(24)3/h5-14H,4,16H2,1-3H3,(H,35,38)(H,36,37)/b20-11+. The predicted octanol–water partition coefficient (Wildman–Crippen LogP) is 7.05. The minimum Gasteiger partial charge on any atom is -0.490 e. The highest BCUT2D eigenvalue weighted by Gasteiger charge is 2.30. The van der Waals surface area contributed by atoms with Gasteiger partial charge in [-0.25, -0.2) is 0 Å². The quantitative estimate of drug-likeness (QED) is 0.198. The van der Waals surface area contributed by atoms with Crippen molar-refractivity contribution in [2.24, 2.45) is 0 Å². The highest BCUT2D eigenvalue weighted by molar-refractivity contribution is 9.10. The van der Waals surface area contributed by atoms with E-state index in [1.54, 1.807) is 25.1 Å². The Morgan fingerprint density at radius 3 is 2.45 bits per heavy atom. The summed E-state index contributed by atoms with van der Waals surface area (Å²) in [7, 11) is 0. The average Bonchev–Trinajstić information content (AvgIpc) is 2.89. The number of carbonyl (C=O) groups excluding carboxylic acids is 2. The van der Waals surface area contributed by atoms with E-state index >= 15 is 0 Å². The molecule has 3 rings (SSSR count). The molecule has 2 amide bonds. The summed E-state index contributed by atoms with van der Waals surface area (Å²) in [6.07, 6.45) is -3.33. The van der Waals surface area contributed by atoms with Crippen LogP contribution in [0, 0.1) is 25.2 Å². The lowest BCUT2D eigenvalue weighted by atomic mass is 10.1. The summed E-state index contributed by atoms with van der Waals surface area (Å²) in [5.74, 6) is -0.787. The molecule has 0 radical (unpaired) electrons. The van der Waals surface area contributed by atoms with Crippen molar-refractivity contribution >= 4 is 45.2 Å². The first kappa shape index (κ1) is 30.2. The molecule has 0 atom stereocenters. The van der Waals surface area contributed by atoms with Crippen molar-refractivity contribution in [2.75, 3.05) is 23.8 Å². The smallest absolute Gasteiger partial charge is 0.416 e. The van der Waals surface area contributed by atoms with Crippen LogP contribution in [0.2, 0.25) is 0 Å². The molecule has 3 aromatic carbocycles. The molecule has 0 fully saturated rings. The van der Waals surface area contributed by atoms with Crippen molar-refractivity contribution in [3.63, 3.8) is 0 Å². The number of nitrogens with zero attached hydrogens (tertiary/aromatic N) is 1. The van der Waals surface area contributed by atoms with Crippen LogP contribution in [0.15, 0.2) is 64.6 Å². The Morgan fingerprint density at radius 2 is 1.77 bits per heavy atom. The van der Waals surface area contributed by atoms with Crippen LogP contribution in [0.1, 0.15) is 29.2 Å². The Morgan fingerprint density at radius 1 is 1.05 bits per heavy atom. The van der Waals surface area contributed by atoms with E-state index in [0.29, 0.717) is 15.7 Å². The monoisotopic (exact) mass is 615 g/mol. The number of nitriles is 1. The molecule has 0 heterocycles. The minimum absolute atomic E-state index is 0.111. The van der Waals surface area contributed by atoms with Crippen LogP contribution in [-0.4, -0.2) is 25.0 Å². The number of aryl methyl sites for hydroxylation is 1. The lowest BCUT2D eigenvalue weighted by Crippen LogP contribution is -2.21. The van der Waals surface area contributed by atoms with Gasteiger partial charge < -0.3 is 20.1 Å². The van der Waals surface area contributed by atoms with Crippen LogP contribution in [0.25, 0.3) is 6.08 Å². The predicted molar refractivity (Wildman–Crippen MR) is 149 cm³/mol. The molecule has 208 valence electrons. The number of ether oxygens (including phenoxy) is 2. The third-order valence-corrected chi connectivity index (χ3v) is 6.27. The Hall–Kier alpha value is -4.30. The van der Waals surface area contributed by atoms with Crippen LogP contribution in [0.4, 0.5) is 24.5 Å². The van der Waals surface area contributed by atoms with Gasteiger partial charge in [-0.05, 0) is 95.9 Å². The summed E-state index contributed by atoms with van der Waals surface area (Å²) >= 11 is 3.38. The first-order valence-corrected chi connectivity index (χ1v) is 12.8. The summed E-state index contributed by atoms with van der Waals surface area (Å²) < 4.78 is 50.8. The third kappa shape index (κ3) is 7.86. The number of carbonyl (C=O) groups is 2. The summed E-state index contributed by atoms with van der Waals surface area (Å²) in [6.45, 7) is 5.53. The molecule has 7 nitrogen and oxygen atoms in total. The van der Waals surface area contributed by atoms with Crippen LogP contribution in [-0.2, 0) is 15.8 Å². The zero-order valence-corrected chi connectivity index (χ0v) is 23.4. The number of hydrogen-bond acceptors (Lipinski definition) is 5. The van der Waals surface area contributed by atoms with E-state index in [1.807, 2.05) is 26.0 Å². The van der Waals surface area contributed by atoms with Gasteiger partial charge in [0.2, 0.25) is 0 Å². The molecule has 0 aliphatic heterocycles. The fourth-order valence-corrected chi connectivity index (χ4v) is 4.15. The van der Waals surface area contributed by atoms with Crippen molar-refractivity contribution in [3.05, 3.63) is 86.9 Å². The largest absolute Gasteiger partial charge is 0.490 e. The second-order valence-electron chi connectivity index (χ2n) is 8.55. The number of rotatable bonds is 9. The third-order valence-electron chi connectivity index (χ3n) is 5.68. The molecule has 0 saturated heterocycles. The molecular formula is C29H25BrF3N3O4. The first-order valence-electron chi connectivity index (χ1n) is 12.0. The second-order valence-corrected chi connectivity index (χ2v) is 9.40. The summed E-state index contributed by atoms with van der Waals surface area (Å²) in [6, 6.07) is 14.5. The number of benzene rings is 3. The van der Waals surface area contributed by atoms with E-state index in [1.165, 1.54) is 18.2 Å².